The predicted octanol–water partition coefficient (Wildman–Crippen LogP) is 4.25. The van der Waals surface area contributed by atoms with E-state index in [1.165, 1.54) is 5.56 Å². The fourth-order valence-corrected chi connectivity index (χ4v) is 3.22. The van der Waals surface area contributed by atoms with Gasteiger partial charge in [-0.05, 0) is 44.9 Å². The predicted molar refractivity (Wildman–Crippen MR) is 82.9 cm³/mol. The zero-order chi connectivity index (χ0) is 13.9. The molecular formula is C15H19ClN2S. The summed E-state index contributed by atoms with van der Waals surface area (Å²) in [5.41, 5.74) is 1.12. The Morgan fingerprint density at radius 2 is 2.00 bits per heavy atom. The first-order valence-electron chi connectivity index (χ1n) is 6.42. The highest BCUT2D eigenvalue weighted by Gasteiger charge is 2.30. The number of aromatic nitrogens is 1. The van der Waals surface area contributed by atoms with E-state index in [4.69, 9.17) is 11.6 Å². The summed E-state index contributed by atoms with van der Waals surface area (Å²) >= 11 is 7.64. The summed E-state index contributed by atoms with van der Waals surface area (Å²) in [7, 11) is 0. The van der Waals surface area contributed by atoms with Crippen molar-refractivity contribution in [2.45, 2.75) is 38.8 Å². The van der Waals surface area contributed by atoms with Gasteiger partial charge in [-0.2, -0.15) is 0 Å². The van der Waals surface area contributed by atoms with E-state index in [9.17, 15) is 0 Å². The molecule has 1 unspecified atom stereocenters. The number of halogens is 1. The van der Waals surface area contributed by atoms with Gasteiger partial charge in [0.1, 0.15) is 5.01 Å². The Bertz CT molecular complexity index is 507. The SMILES string of the molecule is CC(C)NC(C)(Cc1ccc(Cl)cc1)c1nccs1. The number of nitrogens with one attached hydrogen (secondary N) is 1. The smallest absolute Gasteiger partial charge is 0.113 e. The molecule has 0 spiro atoms. The van der Waals surface area contributed by atoms with Crippen molar-refractivity contribution in [2.75, 3.05) is 0 Å². The molecule has 0 aliphatic heterocycles. The minimum Gasteiger partial charge on any atom is -0.303 e. The molecule has 0 bridgehead atoms. The zero-order valence-corrected chi connectivity index (χ0v) is 13.1. The van der Waals surface area contributed by atoms with Crippen LogP contribution in [0.2, 0.25) is 5.02 Å². The van der Waals surface area contributed by atoms with Crippen LogP contribution in [0.1, 0.15) is 31.3 Å². The molecule has 0 aliphatic carbocycles. The van der Waals surface area contributed by atoms with E-state index in [0.29, 0.717) is 6.04 Å². The molecule has 1 aromatic carbocycles. The van der Waals surface area contributed by atoms with Crippen LogP contribution < -0.4 is 5.32 Å². The highest BCUT2D eigenvalue weighted by atomic mass is 35.5. The molecule has 0 saturated heterocycles. The second kappa shape index (κ2) is 6.04. The molecule has 102 valence electrons. The third-order valence-corrected chi connectivity index (χ3v) is 4.27. The van der Waals surface area contributed by atoms with E-state index in [0.717, 1.165) is 16.5 Å². The van der Waals surface area contributed by atoms with Crippen molar-refractivity contribution in [3.05, 3.63) is 51.4 Å². The van der Waals surface area contributed by atoms with Crippen molar-refractivity contribution in [3.8, 4) is 0 Å². The van der Waals surface area contributed by atoms with Gasteiger partial charge in [0, 0.05) is 22.6 Å². The quantitative estimate of drug-likeness (QED) is 0.891. The van der Waals surface area contributed by atoms with Gasteiger partial charge in [-0.3, -0.25) is 0 Å². The number of rotatable bonds is 5. The van der Waals surface area contributed by atoms with Crippen LogP contribution in [0.25, 0.3) is 0 Å². The van der Waals surface area contributed by atoms with Gasteiger partial charge >= 0.3 is 0 Å². The first kappa shape index (κ1) is 14.5. The Balaban J connectivity index is 2.25. The van der Waals surface area contributed by atoms with E-state index < -0.39 is 0 Å². The average Bonchev–Trinajstić information content (AvgIpc) is 2.85. The summed E-state index contributed by atoms with van der Waals surface area (Å²) in [6, 6.07) is 8.44. The molecule has 1 atom stereocenters. The van der Waals surface area contributed by atoms with Crippen LogP contribution >= 0.6 is 22.9 Å². The zero-order valence-electron chi connectivity index (χ0n) is 11.5. The summed E-state index contributed by atoms with van der Waals surface area (Å²) in [6.45, 7) is 6.53. The standard InChI is InChI=1S/C15H19ClN2S/c1-11(2)18-15(3,14-17-8-9-19-14)10-12-4-6-13(16)7-5-12/h4-9,11,18H,10H2,1-3H3. The van der Waals surface area contributed by atoms with E-state index in [1.807, 2.05) is 23.7 Å². The molecule has 0 aliphatic rings. The van der Waals surface area contributed by atoms with Crippen LogP contribution in [0.4, 0.5) is 0 Å². The topological polar surface area (TPSA) is 24.9 Å². The number of hydrogen-bond donors (Lipinski definition) is 1. The van der Waals surface area contributed by atoms with Crippen molar-refractivity contribution in [1.82, 2.24) is 10.3 Å². The summed E-state index contributed by atoms with van der Waals surface area (Å²) in [5.74, 6) is 0. The Morgan fingerprint density at radius 3 is 2.53 bits per heavy atom. The van der Waals surface area contributed by atoms with Gasteiger partial charge < -0.3 is 5.32 Å². The lowest BCUT2D eigenvalue weighted by molar-refractivity contribution is 0.330. The Labute approximate surface area is 123 Å². The molecule has 1 N–H and O–H groups in total. The highest BCUT2D eigenvalue weighted by Crippen LogP contribution is 2.28. The maximum absolute atomic E-state index is 5.94. The largest absolute Gasteiger partial charge is 0.303 e. The van der Waals surface area contributed by atoms with Gasteiger partial charge in [-0.15, -0.1) is 11.3 Å². The van der Waals surface area contributed by atoms with E-state index in [-0.39, 0.29) is 5.54 Å². The van der Waals surface area contributed by atoms with Crippen LogP contribution in [0.5, 0.6) is 0 Å². The molecule has 1 aromatic heterocycles. The van der Waals surface area contributed by atoms with Crippen molar-refractivity contribution >= 4 is 22.9 Å². The van der Waals surface area contributed by atoms with Crippen LogP contribution in [0, 0.1) is 0 Å². The molecule has 0 amide bonds. The number of thiazole rings is 1. The minimum atomic E-state index is -0.143. The molecule has 19 heavy (non-hydrogen) atoms. The number of hydrogen-bond acceptors (Lipinski definition) is 3. The fourth-order valence-electron chi connectivity index (χ4n) is 2.33. The molecular weight excluding hydrogens is 276 g/mol. The average molecular weight is 295 g/mol. The van der Waals surface area contributed by atoms with E-state index in [1.54, 1.807) is 11.3 Å². The van der Waals surface area contributed by atoms with Crippen LogP contribution in [-0.4, -0.2) is 11.0 Å². The van der Waals surface area contributed by atoms with Gasteiger partial charge in [0.05, 0.1) is 5.54 Å². The van der Waals surface area contributed by atoms with Gasteiger partial charge in [0.15, 0.2) is 0 Å². The molecule has 0 saturated carbocycles. The van der Waals surface area contributed by atoms with E-state index in [2.05, 4.69) is 43.2 Å². The van der Waals surface area contributed by atoms with Gasteiger partial charge in [0.25, 0.3) is 0 Å². The van der Waals surface area contributed by atoms with Crippen molar-refractivity contribution in [3.63, 3.8) is 0 Å². The maximum Gasteiger partial charge on any atom is 0.113 e. The third-order valence-electron chi connectivity index (χ3n) is 2.98. The van der Waals surface area contributed by atoms with Gasteiger partial charge in [0.2, 0.25) is 0 Å². The van der Waals surface area contributed by atoms with Crippen LogP contribution in [0.15, 0.2) is 35.8 Å². The normalized spacial score (nSPS) is 14.6. The van der Waals surface area contributed by atoms with Crippen LogP contribution in [0.3, 0.4) is 0 Å². The minimum absolute atomic E-state index is 0.143. The van der Waals surface area contributed by atoms with Crippen molar-refractivity contribution in [1.29, 1.82) is 0 Å². The van der Waals surface area contributed by atoms with Crippen molar-refractivity contribution in [2.24, 2.45) is 0 Å². The second-order valence-corrected chi connectivity index (χ2v) is 6.60. The van der Waals surface area contributed by atoms with Crippen LogP contribution in [-0.2, 0) is 12.0 Å². The lowest BCUT2D eigenvalue weighted by Crippen LogP contribution is -2.45. The van der Waals surface area contributed by atoms with E-state index >= 15 is 0 Å². The Morgan fingerprint density at radius 1 is 1.32 bits per heavy atom. The number of benzene rings is 1. The Kier molecular flexibility index (Phi) is 4.61. The first-order valence-corrected chi connectivity index (χ1v) is 7.67. The third kappa shape index (κ3) is 3.78. The molecule has 1 heterocycles. The van der Waals surface area contributed by atoms with Gasteiger partial charge in [-0.1, -0.05) is 23.7 Å². The highest BCUT2D eigenvalue weighted by molar-refractivity contribution is 7.09. The molecule has 2 nitrogen and oxygen atoms in total. The molecule has 4 heteroatoms. The Hall–Kier alpha value is -0.900. The molecule has 2 aromatic rings. The van der Waals surface area contributed by atoms with Crippen molar-refractivity contribution < 1.29 is 0 Å². The summed E-state index contributed by atoms with van der Waals surface area (Å²) in [4.78, 5) is 4.49. The maximum atomic E-state index is 5.94. The monoisotopic (exact) mass is 294 g/mol. The number of nitrogens with zero attached hydrogens (tertiary/aromatic N) is 1. The fraction of sp³-hybridized carbons (Fsp3) is 0.400. The first-order chi connectivity index (χ1) is 8.99. The second-order valence-electron chi connectivity index (χ2n) is 5.27. The summed E-state index contributed by atoms with van der Waals surface area (Å²) in [6.07, 6.45) is 2.76. The molecule has 0 fully saturated rings. The lowest BCUT2D eigenvalue weighted by Gasteiger charge is -2.31. The van der Waals surface area contributed by atoms with Gasteiger partial charge in [-0.25, -0.2) is 4.98 Å². The summed E-state index contributed by atoms with van der Waals surface area (Å²) < 4.78 is 0. The molecule has 0 radical (unpaired) electrons. The lowest BCUT2D eigenvalue weighted by atomic mass is 9.92. The summed E-state index contributed by atoms with van der Waals surface area (Å²) in [5, 5.41) is 7.56. The molecule has 2 rings (SSSR count).